The van der Waals surface area contributed by atoms with Gasteiger partial charge in [-0.3, -0.25) is 4.79 Å². The van der Waals surface area contributed by atoms with E-state index >= 15 is 0 Å². The first-order valence-corrected chi connectivity index (χ1v) is 11.1. The van der Waals surface area contributed by atoms with Crippen LogP contribution < -0.4 is 24.7 Å². The first-order chi connectivity index (χ1) is 15.4. The van der Waals surface area contributed by atoms with Crippen molar-refractivity contribution >= 4 is 18.3 Å². The lowest BCUT2D eigenvalue weighted by molar-refractivity contribution is 0.0506. The summed E-state index contributed by atoms with van der Waals surface area (Å²) in [6.07, 6.45) is 3.86. The molecule has 33 heavy (non-hydrogen) atoms. The van der Waals surface area contributed by atoms with Crippen LogP contribution >= 0.6 is 12.4 Å². The van der Waals surface area contributed by atoms with Crippen molar-refractivity contribution in [2.75, 3.05) is 27.9 Å². The van der Waals surface area contributed by atoms with Gasteiger partial charge in [0.1, 0.15) is 5.75 Å². The lowest BCUT2D eigenvalue weighted by Crippen LogP contribution is -2.47. The van der Waals surface area contributed by atoms with E-state index in [9.17, 15) is 4.79 Å². The number of ether oxygens (including phenoxy) is 4. The van der Waals surface area contributed by atoms with Gasteiger partial charge < -0.3 is 29.6 Å². The van der Waals surface area contributed by atoms with Gasteiger partial charge in [0.15, 0.2) is 11.5 Å². The molecule has 2 N–H and O–H groups in total. The number of rotatable bonds is 8. The Kier molecular flexibility index (Phi) is 9.68. The van der Waals surface area contributed by atoms with Crippen LogP contribution in [0.2, 0.25) is 0 Å². The predicted molar refractivity (Wildman–Crippen MR) is 132 cm³/mol. The molecule has 0 radical (unpaired) electrons. The van der Waals surface area contributed by atoms with Crippen molar-refractivity contribution in [1.29, 1.82) is 0 Å². The average Bonchev–Trinajstić information content (AvgIpc) is 2.79. The Morgan fingerprint density at radius 2 is 1.55 bits per heavy atom. The summed E-state index contributed by atoms with van der Waals surface area (Å²) in [6, 6.07) is 9.66. The third kappa shape index (κ3) is 5.65. The second-order valence-electron chi connectivity index (χ2n) is 8.15. The van der Waals surface area contributed by atoms with E-state index in [-0.39, 0.29) is 30.4 Å². The Morgan fingerprint density at radius 3 is 2.06 bits per heavy atom. The van der Waals surface area contributed by atoms with Gasteiger partial charge in [0.25, 0.3) is 5.91 Å². The highest BCUT2D eigenvalue weighted by atomic mass is 35.5. The zero-order chi connectivity index (χ0) is 23.3. The van der Waals surface area contributed by atoms with Crippen molar-refractivity contribution in [3.63, 3.8) is 0 Å². The van der Waals surface area contributed by atoms with Gasteiger partial charge in [-0.1, -0.05) is 12.1 Å². The van der Waals surface area contributed by atoms with Gasteiger partial charge in [-0.25, -0.2) is 0 Å². The lowest BCUT2D eigenvalue weighted by Gasteiger charge is -2.39. The molecular formula is C25H35ClN2O5. The van der Waals surface area contributed by atoms with E-state index in [4.69, 9.17) is 24.7 Å². The van der Waals surface area contributed by atoms with Crippen LogP contribution in [0.3, 0.4) is 0 Å². The number of hydrogen-bond acceptors (Lipinski definition) is 6. The van der Waals surface area contributed by atoms with E-state index in [1.165, 1.54) is 21.3 Å². The molecule has 1 aliphatic heterocycles. The average molecular weight is 479 g/mol. The van der Waals surface area contributed by atoms with Crippen LogP contribution in [-0.4, -0.2) is 50.8 Å². The van der Waals surface area contributed by atoms with Gasteiger partial charge in [0.2, 0.25) is 11.5 Å². The van der Waals surface area contributed by atoms with Gasteiger partial charge in [-0.2, -0.15) is 0 Å². The fourth-order valence-corrected chi connectivity index (χ4v) is 4.39. The first-order valence-electron chi connectivity index (χ1n) is 11.1. The summed E-state index contributed by atoms with van der Waals surface area (Å²) in [7, 11) is 4.57. The molecule has 0 saturated carbocycles. The molecule has 2 aromatic carbocycles. The molecule has 0 bridgehead atoms. The third-order valence-corrected chi connectivity index (χ3v) is 6.01. The molecule has 2 atom stereocenters. The van der Waals surface area contributed by atoms with Crippen LogP contribution in [0.15, 0.2) is 30.3 Å². The van der Waals surface area contributed by atoms with E-state index in [1.54, 1.807) is 6.07 Å². The molecule has 3 rings (SSSR count). The molecule has 1 amide bonds. The maximum absolute atomic E-state index is 13.7. The summed E-state index contributed by atoms with van der Waals surface area (Å²) < 4.78 is 23.0. The second kappa shape index (κ2) is 12.0. The highest BCUT2D eigenvalue weighted by Crippen LogP contribution is 2.48. The topological polar surface area (TPSA) is 83.3 Å². The Hall–Kier alpha value is -2.64. The summed E-state index contributed by atoms with van der Waals surface area (Å²) in [4.78, 5) is 15.6. The van der Waals surface area contributed by atoms with Crippen LogP contribution in [-0.2, 0) is 6.42 Å². The van der Waals surface area contributed by atoms with E-state index in [0.29, 0.717) is 40.9 Å². The molecule has 0 aromatic heterocycles. The molecule has 1 fully saturated rings. The van der Waals surface area contributed by atoms with Crippen molar-refractivity contribution in [3.8, 4) is 28.7 Å². The third-order valence-electron chi connectivity index (χ3n) is 6.01. The molecular weight excluding hydrogens is 444 g/mol. The van der Waals surface area contributed by atoms with Crippen molar-refractivity contribution in [1.82, 2.24) is 4.90 Å². The molecule has 0 spiro atoms. The van der Waals surface area contributed by atoms with Crippen LogP contribution in [0.4, 0.5) is 0 Å². The molecule has 7 nitrogen and oxygen atoms in total. The fourth-order valence-electron chi connectivity index (χ4n) is 4.39. The molecule has 0 unspecified atom stereocenters. The van der Waals surface area contributed by atoms with Gasteiger partial charge >= 0.3 is 0 Å². The highest BCUT2D eigenvalue weighted by Gasteiger charge is 2.34. The second-order valence-corrected chi connectivity index (χ2v) is 8.15. The Morgan fingerprint density at radius 1 is 0.970 bits per heavy atom. The summed E-state index contributed by atoms with van der Waals surface area (Å²) in [5, 5.41) is 0. The number of amides is 1. The minimum Gasteiger partial charge on any atom is -0.492 e. The maximum atomic E-state index is 13.7. The van der Waals surface area contributed by atoms with Gasteiger partial charge in [0, 0.05) is 18.2 Å². The van der Waals surface area contributed by atoms with Crippen molar-refractivity contribution in [2.24, 2.45) is 5.73 Å². The summed E-state index contributed by atoms with van der Waals surface area (Å²) in [5.74, 6) is 1.93. The van der Waals surface area contributed by atoms with Crippen molar-refractivity contribution in [3.05, 3.63) is 41.5 Å². The van der Waals surface area contributed by atoms with Gasteiger partial charge in [0.05, 0.1) is 26.9 Å². The number of benzene rings is 2. The minimum atomic E-state index is -0.106. The summed E-state index contributed by atoms with van der Waals surface area (Å²) in [6.45, 7) is 4.75. The van der Waals surface area contributed by atoms with Crippen LogP contribution in [0.1, 0.15) is 49.0 Å². The molecule has 1 saturated heterocycles. The maximum Gasteiger partial charge on any atom is 0.258 e. The molecule has 2 aromatic rings. The number of methoxy groups -OCH3 is 3. The molecule has 8 heteroatoms. The molecule has 182 valence electrons. The largest absolute Gasteiger partial charge is 0.492 e. The number of nitrogens with zero attached hydrogens (tertiary/aromatic N) is 1. The smallest absolute Gasteiger partial charge is 0.258 e. The number of nitrogens with two attached hydrogens (primary N) is 1. The minimum absolute atomic E-state index is 0. The molecule has 1 heterocycles. The number of piperidine rings is 1. The van der Waals surface area contributed by atoms with Gasteiger partial charge in [-0.05, 0) is 63.8 Å². The first kappa shape index (κ1) is 26.6. The van der Waals surface area contributed by atoms with E-state index in [0.717, 1.165) is 31.2 Å². The Balaban J connectivity index is 0.00000385. The summed E-state index contributed by atoms with van der Waals surface area (Å²) in [5.41, 5.74) is 7.15. The zero-order valence-corrected chi connectivity index (χ0v) is 20.9. The van der Waals surface area contributed by atoms with E-state index in [2.05, 4.69) is 13.8 Å². The number of carbonyl (C=O) groups excluding carboxylic acids is 1. The summed E-state index contributed by atoms with van der Waals surface area (Å²) >= 11 is 0. The normalized spacial score (nSPS) is 17.7. The quantitative estimate of drug-likeness (QED) is 0.585. The highest BCUT2D eigenvalue weighted by molar-refractivity contribution is 5.99. The molecule has 1 aliphatic rings. The number of carbonyl (C=O) groups is 1. The fraction of sp³-hybridized carbons (Fsp3) is 0.480. The lowest BCUT2D eigenvalue weighted by atomic mass is 9.96. The zero-order valence-electron chi connectivity index (χ0n) is 20.1. The number of halogens is 1. The Bertz CT molecular complexity index is 925. The van der Waals surface area contributed by atoms with Crippen LogP contribution in [0, 0.1) is 0 Å². The van der Waals surface area contributed by atoms with Crippen LogP contribution in [0.25, 0.3) is 0 Å². The van der Waals surface area contributed by atoms with Gasteiger partial charge in [-0.15, -0.1) is 12.4 Å². The predicted octanol–water partition coefficient (Wildman–Crippen LogP) is 4.83. The van der Waals surface area contributed by atoms with E-state index in [1.807, 2.05) is 29.2 Å². The number of hydrogen-bond donors (Lipinski definition) is 1. The SMILES string of the molecule is COc1c(Oc2ccc(CCN)cc2)cc(C(=O)N2[C@H](C)CCC[C@@H]2C)c(OC)c1OC.Cl. The van der Waals surface area contributed by atoms with E-state index < -0.39 is 0 Å². The van der Waals surface area contributed by atoms with Crippen molar-refractivity contribution < 1.29 is 23.7 Å². The Labute approximate surface area is 202 Å². The molecule has 0 aliphatic carbocycles. The monoisotopic (exact) mass is 478 g/mol. The van der Waals surface area contributed by atoms with Crippen molar-refractivity contribution in [2.45, 2.75) is 51.6 Å². The standard InChI is InChI=1S/C25H34N2O5.ClH/c1-16-7-6-8-17(2)27(16)25(28)20-15-21(23(30-4)24(31-5)22(20)29-3)32-19-11-9-18(10-12-19)13-14-26;/h9-12,15-17H,6-8,13-14,26H2,1-5H3;1H/t16-,17+;. The number of likely N-dealkylation sites (tertiary alicyclic amines) is 1. The van der Waals surface area contributed by atoms with Crippen LogP contribution in [0.5, 0.6) is 28.7 Å².